The summed E-state index contributed by atoms with van der Waals surface area (Å²) in [5.74, 6) is 0. The molecule has 0 unspecified atom stereocenters. The van der Waals surface area contributed by atoms with Gasteiger partial charge in [-0.2, -0.15) is 0 Å². The number of rotatable bonds is 2. The van der Waals surface area contributed by atoms with Gasteiger partial charge in [0, 0.05) is 8.95 Å². The zero-order valence-corrected chi connectivity index (χ0v) is 24.1. The van der Waals surface area contributed by atoms with Crippen LogP contribution in [0, 0.1) is 0 Å². The van der Waals surface area contributed by atoms with E-state index in [0.29, 0.717) is 0 Å². The van der Waals surface area contributed by atoms with Crippen molar-refractivity contribution in [1.29, 1.82) is 0 Å². The Bertz CT molecular complexity index is 1780. The molecule has 8 rings (SSSR count). The predicted octanol–water partition coefficient (Wildman–Crippen LogP) is 10.9. The summed E-state index contributed by atoms with van der Waals surface area (Å²) in [5.41, 5.74) is 15.1. The van der Waals surface area contributed by atoms with Crippen LogP contribution in [0.4, 0.5) is 0 Å². The van der Waals surface area contributed by atoms with Gasteiger partial charge in [0.15, 0.2) is 0 Å². The van der Waals surface area contributed by atoms with E-state index in [1.54, 1.807) is 0 Å². The van der Waals surface area contributed by atoms with Crippen molar-refractivity contribution in [2.75, 3.05) is 0 Å². The maximum atomic E-state index is 3.99. The molecule has 184 valence electrons. The molecule has 0 atom stereocenters. The number of hydrogen-bond donors (Lipinski definition) is 0. The van der Waals surface area contributed by atoms with Gasteiger partial charge in [-0.05, 0) is 91.0 Å². The molecule has 0 aliphatic heterocycles. The van der Waals surface area contributed by atoms with Gasteiger partial charge in [-0.1, -0.05) is 141 Å². The minimum Gasteiger partial charge on any atom is -0.0622 e. The number of hydrogen-bond acceptors (Lipinski definition) is 0. The fourth-order valence-electron chi connectivity index (χ4n) is 6.85. The second-order valence-electron chi connectivity index (χ2n) is 10.3. The lowest BCUT2D eigenvalue weighted by atomic mass is 9.70. The van der Waals surface area contributed by atoms with Crippen molar-refractivity contribution in [2.24, 2.45) is 0 Å². The van der Waals surface area contributed by atoms with Gasteiger partial charge in [0.2, 0.25) is 0 Å². The molecule has 0 N–H and O–H groups in total. The Labute approximate surface area is 245 Å². The summed E-state index contributed by atoms with van der Waals surface area (Å²) < 4.78 is 2.23. The smallest absolute Gasteiger partial charge is 0.0622 e. The Hall–Kier alpha value is -3.72. The summed E-state index contributed by atoms with van der Waals surface area (Å²) in [5, 5.41) is 0. The molecule has 6 aromatic carbocycles. The largest absolute Gasteiger partial charge is 0.0726 e. The van der Waals surface area contributed by atoms with E-state index in [1.807, 2.05) is 0 Å². The molecule has 0 nitrogen and oxygen atoms in total. The topological polar surface area (TPSA) is 0 Å². The molecule has 1 spiro atoms. The van der Waals surface area contributed by atoms with E-state index in [1.165, 1.54) is 66.8 Å². The minimum atomic E-state index is -0.382. The molecule has 0 heterocycles. The van der Waals surface area contributed by atoms with Crippen LogP contribution in [0.5, 0.6) is 0 Å². The Kier molecular flexibility index (Phi) is 5.14. The first kappa shape index (κ1) is 23.2. The fourth-order valence-corrected chi connectivity index (χ4v) is 8.00. The van der Waals surface area contributed by atoms with Gasteiger partial charge in [-0.25, -0.2) is 0 Å². The van der Waals surface area contributed by atoms with Crippen molar-refractivity contribution in [3.05, 3.63) is 165 Å². The van der Waals surface area contributed by atoms with Crippen LogP contribution >= 0.6 is 31.9 Å². The van der Waals surface area contributed by atoms with Gasteiger partial charge in [-0.3, -0.25) is 0 Å². The van der Waals surface area contributed by atoms with E-state index in [0.717, 1.165) is 8.95 Å². The minimum absolute atomic E-state index is 0.382. The lowest BCUT2D eigenvalue weighted by molar-refractivity contribution is 0.792. The molecule has 0 radical (unpaired) electrons. The Balaban J connectivity index is 1.48. The van der Waals surface area contributed by atoms with E-state index in [2.05, 4.69) is 165 Å². The Morgan fingerprint density at radius 3 is 1.15 bits per heavy atom. The van der Waals surface area contributed by atoms with Crippen molar-refractivity contribution < 1.29 is 0 Å². The number of halogens is 2. The predicted molar refractivity (Wildman–Crippen MR) is 169 cm³/mol. The van der Waals surface area contributed by atoms with Gasteiger partial charge >= 0.3 is 0 Å². The molecule has 0 amide bonds. The van der Waals surface area contributed by atoms with Crippen LogP contribution < -0.4 is 0 Å². The van der Waals surface area contributed by atoms with Crippen molar-refractivity contribution in [1.82, 2.24) is 0 Å². The third-order valence-corrected chi connectivity index (χ3v) is 9.75. The van der Waals surface area contributed by atoms with Gasteiger partial charge in [0.1, 0.15) is 0 Å². The first-order chi connectivity index (χ1) is 19.2. The second-order valence-corrected chi connectivity index (χ2v) is 12.0. The molecular formula is C37H22Br2. The summed E-state index contributed by atoms with van der Waals surface area (Å²) in [4.78, 5) is 0. The van der Waals surface area contributed by atoms with Crippen LogP contribution in [-0.4, -0.2) is 0 Å². The van der Waals surface area contributed by atoms with E-state index in [4.69, 9.17) is 0 Å². The highest BCUT2D eigenvalue weighted by Crippen LogP contribution is 2.64. The molecule has 2 aliphatic carbocycles. The summed E-state index contributed by atoms with van der Waals surface area (Å²) >= 11 is 7.98. The van der Waals surface area contributed by atoms with E-state index < -0.39 is 0 Å². The van der Waals surface area contributed by atoms with Crippen LogP contribution in [0.1, 0.15) is 22.3 Å². The third-order valence-electron chi connectivity index (χ3n) is 8.43. The second kappa shape index (κ2) is 8.64. The Morgan fingerprint density at radius 2 is 0.718 bits per heavy atom. The summed E-state index contributed by atoms with van der Waals surface area (Å²) in [7, 11) is 0. The normalized spacial score (nSPS) is 13.6. The van der Waals surface area contributed by atoms with E-state index in [9.17, 15) is 0 Å². The highest BCUT2D eigenvalue weighted by atomic mass is 79.9. The van der Waals surface area contributed by atoms with Crippen LogP contribution in [0.15, 0.2) is 142 Å². The highest BCUT2D eigenvalue weighted by molar-refractivity contribution is 9.11. The van der Waals surface area contributed by atoms with E-state index in [-0.39, 0.29) is 5.41 Å². The molecule has 2 aliphatic rings. The van der Waals surface area contributed by atoms with Crippen LogP contribution in [0.3, 0.4) is 0 Å². The van der Waals surface area contributed by atoms with Gasteiger partial charge in [0.05, 0.1) is 5.41 Å². The molecule has 0 saturated carbocycles. The van der Waals surface area contributed by atoms with Gasteiger partial charge in [-0.15, -0.1) is 0 Å². The van der Waals surface area contributed by atoms with Crippen LogP contribution in [-0.2, 0) is 5.41 Å². The maximum Gasteiger partial charge on any atom is 0.0726 e. The average molecular weight is 626 g/mol. The molecule has 0 saturated heterocycles. The van der Waals surface area contributed by atoms with Crippen molar-refractivity contribution >= 4 is 31.9 Å². The molecule has 0 bridgehead atoms. The van der Waals surface area contributed by atoms with E-state index >= 15 is 0 Å². The summed E-state index contributed by atoms with van der Waals surface area (Å²) in [6.07, 6.45) is 0. The quantitative estimate of drug-likeness (QED) is 0.179. The number of fused-ring (bicyclic) bond motifs is 10. The monoisotopic (exact) mass is 624 g/mol. The SMILES string of the molecule is Brc1cc2c(cc1-c1ccccc1)-c1ccccc1C21c2ccccc2-c2cc(-c3ccccc3)c(Br)cc21. The summed E-state index contributed by atoms with van der Waals surface area (Å²) in [6, 6.07) is 48.8. The molecule has 0 aromatic heterocycles. The van der Waals surface area contributed by atoms with Crippen LogP contribution in [0.2, 0.25) is 0 Å². The maximum absolute atomic E-state index is 3.99. The van der Waals surface area contributed by atoms with Crippen molar-refractivity contribution in [3.63, 3.8) is 0 Å². The zero-order valence-electron chi connectivity index (χ0n) is 21.0. The molecular weight excluding hydrogens is 604 g/mol. The van der Waals surface area contributed by atoms with Gasteiger partial charge in [0.25, 0.3) is 0 Å². The third kappa shape index (κ3) is 3.16. The molecule has 39 heavy (non-hydrogen) atoms. The molecule has 2 heteroatoms. The molecule has 6 aromatic rings. The zero-order chi connectivity index (χ0) is 26.1. The Morgan fingerprint density at radius 1 is 0.333 bits per heavy atom. The lowest BCUT2D eigenvalue weighted by Gasteiger charge is -2.31. The first-order valence-corrected chi connectivity index (χ1v) is 14.7. The van der Waals surface area contributed by atoms with Crippen molar-refractivity contribution in [3.8, 4) is 44.5 Å². The fraction of sp³-hybridized carbons (Fsp3) is 0.0270. The van der Waals surface area contributed by atoms with Crippen LogP contribution in [0.25, 0.3) is 44.5 Å². The average Bonchev–Trinajstić information content (AvgIpc) is 3.43. The first-order valence-electron chi connectivity index (χ1n) is 13.2. The molecule has 0 fully saturated rings. The highest BCUT2D eigenvalue weighted by Gasteiger charge is 2.52. The summed E-state index contributed by atoms with van der Waals surface area (Å²) in [6.45, 7) is 0. The lowest BCUT2D eigenvalue weighted by Crippen LogP contribution is -2.26. The standard InChI is InChI=1S/C37H22Br2/c38-35-21-33-29(19-27(35)23-11-3-1-4-12-23)25-15-7-9-17-31(25)37(33)32-18-10-8-16-26(32)30-20-28(36(39)22-34(30)37)24-13-5-2-6-14-24/h1-22H. The van der Waals surface area contributed by atoms with Crippen molar-refractivity contribution in [2.45, 2.75) is 5.41 Å². The van der Waals surface area contributed by atoms with Gasteiger partial charge < -0.3 is 0 Å². The number of benzene rings is 6.